The van der Waals surface area contributed by atoms with E-state index in [1.807, 2.05) is 23.1 Å². The van der Waals surface area contributed by atoms with Crippen molar-refractivity contribution in [1.29, 1.82) is 0 Å². The quantitative estimate of drug-likeness (QED) is 0.725. The SMILES string of the molecule is CC(Cl)C(=O)N1CCC(c2ccccc2)C1. The first kappa shape index (κ1) is 11.5. The van der Waals surface area contributed by atoms with E-state index in [9.17, 15) is 4.79 Å². The summed E-state index contributed by atoms with van der Waals surface area (Å²) in [6, 6.07) is 10.4. The zero-order valence-corrected chi connectivity index (χ0v) is 10.2. The topological polar surface area (TPSA) is 20.3 Å². The Morgan fingerprint density at radius 3 is 2.75 bits per heavy atom. The molecule has 1 fully saturated rings. The monoisotopic (exact) mass is 237 g/mol. The van der Waals surface area contributed by atoms with Crippen molar-refractivity contribution in [1.82, 2.24) is 4.90 Å². The summed E-state index contributed by atoms with van der Waals surface area (Å²) >= 11 is 5.81. The normalized spacial score (nSPS) is 22.1. The summed E-state index contributed by atoms with van der Waals surface area (Å²) in [7, 11) is 0. The van der Waals surface area contributed by atoms with Gasteiger partial charge in [-0.1, -0.05) is 30.3 Å². The number of carbonyl (C=O) groups excluding carboxylic acids is 1. The number of hydrogen-bond donors (Lipinski definition) is 0. The van der Waals surface area contributed by atoms with Crippen LogP contribution in [0.2, 0.25) is 0 Å². The molecule has 0 aromatic heterocycles. The van der Waals surface area contributed by atoms with Crippen LogP contribution in [0.15, 0.2) is 30.3 Å². The first-order chi connectivity index (χ1) is 7.68. The predicted octanol–water partition coefficient (Wildman–Crippen LogP) is 2.63. The fraction of sp³-hybridized carbons (Fsp3) is 0.462. The Bertz CT molecular complexity index is 363. The maximum Gasteiger partial charge on any atom is 0.240 e. The molecule has 0 spiro atoms. The lowest BCUT2D eigenvalue weighted by Gasteiger charge is -2.17. The van der Waals surface area contributed by atoms with Crippen molar-refractivity contribution >= 4 is 17.5 Å². The lowest BCUT2D eigenvalue weighted by atomic mass is 9.99. The highest BCUT2D eigenvalue weighted by atomic mass is 35.5. The van der Waals surface area contributed by atoms with Crippen molar-refractivity contribution in [2.75, 3.05) is 13.1 Å². The first-order valence-electron chi connectivity index (χ1n) is 5.66. The van der Waals surface area contributed by atoms with E-state index in [0.29, 0.717) is 5.92 Å². The molecule has 1 amide bonds. The van der Waals surface area contributed by atoms with Crippen LogP contribution in [0.5, 0.6) is 0 Å². The molecule has 0 aliphatic carbocycles. The van der Waals surface area contributed by atoms with Gasteiger partial charge in [0.1, 0.15) is 5.38 Å². The average molecular weight is 238 g/mol. The minimum atomic E-state index is -0.408. The van der Waals surface area contributed by atoms with Crippen molar-refractivity contribution in [3.63, 3.8) is 0 Å². The van der Waals surface area contributed by atoms with Gasteiger partial charge in [0, 0.05) is 19.0 Å². The van der Waals surface area contributed by atoms with Crippen LogP contribution in [0.3, 0.4) is 0 Å². The molecule has 2 rings (SSSR count). The van der Waals surface area contributed by atoms with Crippen LogP contribution in [-0.2, 0) is 4.79 Å². The minimum Gasteiger partial charge on any atom is -0.341 e. The van der Waals surface area contributed by atoms with Gasteiger partial charge < -0.3 is 4.90 Å². The van der Waals surface area contributed by atoms with Crippen LogP contribution in [0.25, 0.3) is 0 Å². The van der Waals surface area contributed by atoms with E-state index in [1.165, 1.54) is 5.56 Å². The van der Waals surface area contributed by atoms with Gasteiger partial charge in [0.05, 0.1) is 0 Å². The summed E-state index contributed by atoms with van der Waals surface area (Å²) < 4.78 is 0. The van der Waals surface area contributed by atoms with Crippen molar-refractivity contribution in [2.45, 2.75) is 24.6 Å². The summed E-state index contributed by atoms with van der Waals surface area (Å²) in [6.45, 7) is 3.37. The second-order valence-corrected chi connectivity index (χ2v) is 4.95. The Labute approximate surface area is 101 Å². The molecule has 0 N–H and O–H groups in total. The molecule has 2 unspecified atom stereocenters. The smallest absolute Gasteiger partial charge is 0.240 e. The van der Waals surface area contributed by atoms with E-state index >= 15 is 0 Å². The molecule has 86 valence electrons. The third-order valence-electron chi connectivity index (χ3n) is 3.11. The molecule has 1 saturated heterocycles. The molecule has 1 aliphatic rings. The molecule has 1 aliphatic heterocycles. The highest BCUT2D eigenvalue weighted by Gasteiger charge is 2.28. The second kappa shape index (κ2) is 4.88. The van der Waals surface area contributed by atoms with E-state index < -0.39 is 5.38 Å². The second-order valence-electron chi connectivity index (χ2n) is 4.30. The molecule has 2 atom stereocenters. The van der Waals surface area contributed by atoms with Gasteiger partial charge in [0.2, 0.25) is 5.91 Å². The zero-order chi connectivity index (χ0) is 11.5. The van der Waals surface area contributed by atoms with Gasteiger partial charge in [-0.05, 0) is 18.9 Å². The van der Waals surface area contributed by atoms with Gasteiger partial charge in [-0.25, -0.2) is 0 Å². The van der Waals surface area contributed by atoms with Crippen LogP contribution in [-0.4, -0.2) is 29.3 Å². The Kier molecular flexibility index (Phi) is 3.49. The van der Waals surface area contributed by atoms with E-state index in [2.05, 4.69) is 12.1 Å². The Morgan fingerprint density at radius 2 is 2.12 bits per heavy atom. The van der Waals surface area contributed by atoms with Gasteiger partial charge in [-0.15, -0.1) is 11.6 Å². The van der Waals surface area contributed by atoms with E-state index in [1.54, 1.807) is 6.92 Å². The number of likely N-dealkylation sites (tertiary alicyclic amines) is 1. The third-order valence-corrected chi connectivity index (χ3v) is 3.30. The highest BCUT2D eigenvalue weighted by Crippen LogP contribution is 2.27. The number of alkyl halides is 1. The molecule has 1 heterocycles. The molecule has 0 saturated carbocycles. The average Bonchev–Trinajstić information content (AvgIpc) is 2.78. The Balaban J connectivity index is 2.01. The minimum absolute atomic E-state index is 0.0556. The fourth-order valence-electron chi connectivity index (χ4n) is 2.21. The summed E-state index contributed by atoms with van der Waals surface area (Å²) in [5, 5.41) is -0.408. The molecule has 16 heavy (non-hydrogen) atoms. The number of halogens is 1. The number of benzene rings is 1. The first-order valence-corrected chi connectivity index (χ1v) is 6.10. The molecule has 2 nitrogen and oxygen atoms in total. The fourth-order valence-corrected chi connectivity index (χ4v) is 2.35. The molecule has 1 aromatic rings. The largest absolute Gasteiger partial charge is 0.341 e. The van der Waals surface area contributed by atoms with Crippen LogP contribution in [0, 0.1) is 0 Å². The molecule has 0 bridgehead atoms. The number of rotatable bonds is 2. The van der Waals surface area contributed by atoms with E-state index in [4.69, 9.17) is 11.6 Å². The summed E-state index contributed by atoms with van der Waals surface area (Å²) in [4.78, 5) is 13.6. The van der Waals surface area contributed by atoms with Gasteiger partial charge in [0.15, 0.2) is 0 Å². The summed E-state index contributed by atoms with van der Waals surface area (Å²) in [5.41, 5.74) is 1.32. The number of amides is 1. The van der Waals surface area contributed by atoms with Crippen LogP contribution in [0.1, 0.15) is 24.8 Å². The maximum absolute atomic E-state index is 11.7. The Morgan fingerprint density at radius 1 is 1.44 bits per heavy atom. The van der Waals surface area contributed by atoms with Gasteiger partial charge in [0.25, 0.3) is 0 Å². The summed E-state index contributed by atoms with van der Waals surface area (Å²) in [6.07, 6.45) is 1.04. The molecule has 1 aromatic carbocycles. The highest BCUT2D eigenvalue weighted by molar-refractivity contribution is 6.30. The number of carbonyl (C=O) groups is 1. The van der Waals surface area contributed by atoms with Gasteiger partial charge in [-0.3, -0.25) is 4.79 Å². The van der Waals surface area contributed by atoms with Crippen molar-refractivity contribution < 1.29 is 4.79 Å². The van der Waals surface area contributed by atoms with E-state index in [-0.39, 0.29) is 5.91 Å². The lowest BCUT2D eigenvalue weighted by molar-refractivity contribution is -0.129. The van der Waals surface area contributed by atoms with E-state index in [0.717, 1.165) is 19.5 Å². The maximum atomic E-state index is 11.7. The molecule has 0 radical (unpaired) electrons. The predicted molar refractivity (Wildman–Crippen MR) is 65.7 cm³/mol. The van der Waals surface area contributed by atoms with Crippen LogP contribution in [0.4, 0.5) is 0 Å². The lowest BCUT2D eigenvalue weighted by Crippen LogP contribution is -2.33. The zero-order valence-electron chi connectivity index (χ0n) is 9.40. The van der Waals surface area contributed by atoms with Crippen molar-refractivity contribution in [2.24, 2.45) is 0 Å². The standard InChI is InChI=1S/C13H16ClNO/c1-10(14)13(16)15-8-7-12(9-15)11-5-3-2-4-6-11/h2-6,10,12H,7-9H2,1H3. The number of hydrogen-bond acceptors (Lipinski definition) is 1. The van der Waals surface area contributed by atoms with Gasteiger partial charge in [-0.2, -0.15) is 0 Å². The molecular weight excluding hydrogens is 222 g/mol. The van der Waals surface area contributed by atoms with Crippen molar-refractivity contribution in [3.05, 3.63) is 35.9 Å². The molecule has 3 heteroatoms. The Hall–Kier alpha value is -1.02. The number of nitrogens with zero attached hydrogens (tertiary/aromatic N) is 1. The summed E-state index contributed by atoms with van der Waals surface area (Å²) in [5.74, 6) is 0.528. The van der Waals surface area contributed by atoms with Crippen LogP contribution >= 0.6 is 11.6 Å². The van der Waals surface area contributed by atoms with Crippen molar-refractivity contribution in [3.8, 4) is 0 Å². The third kappa shape index (κ3) is 2.38. The van der Waals surface area contributed by atoms with Gasteiger partial charge >= 0.3 is 0 Å². The molecular formula is C13H16ClNO. The van der Waals surface area contributed by atoms with Crippen LogP contribution < -0.4 is 0 Å².